The van der Waals surface area contributed by atoms with Gasteiger partial charge in [0, 0.05) is 30.8 Å². The van der Waals surface area contributed by atoms with Crippen molar-refractivity contribution in [3.63, 3.8) is 0 Å². The third-order valence-electron chi connectivity index (χ3n) is 9.27. The third-order valence-corrected chi connectivity index (χ3v) is 9.27. The summed E-state index contributed by atoms with van der Waals surface area (Å²) in [5.41, 5.74) is 1.37. The number of anilines is 1. The normalized spacial score (nSPS) is 24.1. The van der Waals surface area contributed by atoms with Crippen LogP contribution in [0.25, 0.3) is 32.9 Å². The molecule has 200 valence electrons. The van der Waals surface area contributed by atoms with Crippen molar-refractivity contribution in [1.82, 2.24) is 19.9 Å². The Morgan fingerprint density at radius 2 is 1.85 bits per heavy atom. The zero-order valence-electron chi connectivity index (χ0n) is 22.0. The molecule has 4 aromatic rings. The van der Waals surface area contributed by atoms with Crippen LogP contribution in [0.3, 0.4) is 0 Å². The van der Waals surface area contributed by atoms with Gasteiger partial charge in [0.15, 0.2) is 5.82 Å². The Morgan fingerprint density at radius 3 is 2.74 bits per heavy atom. The number of fused-ring (bicyclic) bond motifs is 4. The molecule has 3 aliphatic heterocycles. The van der Waals surface area contributed by atoms with Crippen molar-refractivity contribution in [2.75, 3.05) is 44.3 Å². The van der Waals surface area contributed by atoms with Crippen molar-refractivity contribution < 1.29 is 13.9 Å². The second-order valence-electron chi connectivity index (χ2n) is 11.6. The lowest BCUT2D eigenvalue weighted by molar-refractivity contribution is 0.108. The molecular weight excluding hydrogens is 493 g/mol. The van der Waals surface area contributed by atoms with Crippen molar-refractivity contribution in [3.8, 4) is 17.3 Å². The van der Waals surface area contributed by atoms with E-state index in [1.165, 1.54) is 12.8 Å². The molecule has 8 rings (SSSR count). The smallest absolute Gasteiger partial charge is 0.319 e. The Balaban J connectivity index is 1.24. The highest BCUT2D eigenvalue weighted by atomic mass is 19.1. The lowest BCUT2D eigenvalue weighted by Gasteiger charge is -2.31. The van der Waals surface area contributed by atoms with Crippen LogP contribution in [-0.2, 0) is 4.74 Å². The minimum atomic E-state index is -0.436. The molecule has 0 N–H and O–H groups in total. The van der Waals surface area contributed by atoms with Crippen LogP contribution >= 0.6 is 0 Å². The zero-order valence-corrected chi connectivity index (χ0v) is 22.0. The van der Waals surface area contributed by atoms with Gasteiger partial charge < -0.3 is 14.4 Å². The second kappa shape index (κ2) is 9.10. The van der Waals surface area contributed by atoms with E-state index in [2.05, 4.69) is 14.8 Å². The number of hydrogen-bond donors (Lipinski definition) is 0. The van der Waals surface area contributed by atoms with Gasteiger partial charge >= 0.3 is 6.01 Å². The zero-order chi connectivity index (χ0) is 26.0. The molecule has 0 spiro atoms. The fourth-order valence-corrected chi connectivity index (χ4v) is 7.10. The number of halogens is 1. The summed E-state index contributed by atoms with van der Waals surface area (Å²) in [7, 11) is 0. The molecule has 5 heterocycles. The Hall–Kier alpha value is -3.36. The first kappa shape index (κ1) is 23.5. The number of aromatic nitrogens is 3. The van der Waals surface area contributed by atoms with Crippen LogP contribution in [0, 0.1) is 11.7 Å². The van der Waals surface area contributed by atoms with Gasteiger partial charge in [-0.2, -0.15) is 9.97 Å². The first-order chi connectivity index (χ1) is 19.2. The quantitative estimate of drug-likeness (QED) is 0.354. The summed E-state index contributed by atoms with van der Waals surface area (Å²) < 4.78 is 28.8. The standard InChI is InChI=1S/C31H32FN5O2/c32-26-27(23-9-3-7-20-6-1-2-8-22(20)23)33-17-24-28(26)34-30(39-19-31-10-4-12-37(31)13-5-11-31)35-29(24)36-14-15-38-25-16-21(25)18-36/h1-3,6-9,17,21,25H,4-5,10-16,18-19H2. The van der Waals surface area contributed by atoms with E-state index in [4.69, 9.17) is 19.4 Å². The molecule has 4 aliphatic rings. The summed E-state index contributed by atoms with van der Waals surface area (Å²) in [6.07, 6.45) is 7.78. The lowest BCUT2D eigenvalue weighted by Crippen LogP contribution is -2.43. The summed E-state index contributed by atoms with van der Waals surface area (Å²) in [4.78, 5) is 19.0. The van der Waals surface area contributed by atoms with Gasteiger partial charge in [0.25, 0.3) is 0 Å². The number of rotatable bonds is 5. The fraction of sp³-hybridized carbons (Fsp3) is 0.452. The maximum absolute atomic E-state index is 16.5. The molecule has 1 saturated carbocycles. The van der Waals surface area contributed by atoms with E-state index in [9.17, 15) is 0 Å². The Bertz CT molecular complexity index is 1560. The molecule has 2 unspecified atom stereocenters. The molecule has 3 saturated heterocycles. The molecule has 2 aromatic carbocycles. The SMILES string of the molecule is Fc1c(-c2cccc3ccccc23)ncc2c(N3CCOC4CC4C3)nc(OCC34CCCN3CCC4)nc12. The minimum Gasteiger partial charge on any atom is -0.461 e. The first-order valence-electron chi connectivity index (χ1n) is 14.3. The van der Waals surface area contributed by atoms with Crippen LogP contribution < -0.4 is 9.64 Å². The average molecular weight is 526 g/mol. The minimum absolute atomic E-state index is 0.0566. The largest absolute Gasteiger partial charge is 0.461 e. The van der Waals surface area contributed by atoms with Gasteiger partial charge in [0.05, 0.1) is 23.6 Å². The predicted molar refractivity (Wildman–Crippen MR) is 149 cm³/mol. The van der Waals surface area contributed by atoms with Crippen LogP contribution in [0.4, 0.5) is 10.2 Å². The first-order valence-corrected chi connectivity index (χ1v) is 14.3. The molecule has 0 radical (unpaired) electrons. The van der Waals surface area contributed by atoms with E-state index in [0.29, 0.717) is 48.7 Å². The maximum atomic E-state index is 16.5. The fourth-order valence-electron chi connectivity index (χ4n) is 7.10. The van der Waals surface area contributed by atoms with E-state index in [0.717, 1.165) is 55.2 Å². The van der Waals surface area contributed by atoms with Crippen molar-refractivity contribution in [3.05, 3.63) is 54.5 Å². The highest BCUT2D eigenvalue weighted by molar-refractivity contribution is 5.99. The number of pyridine rings is 1. The summed E-state index contributed by atoms with van der Waals surface area (Å²) in [5, 5.41) is 2.62. The Morgan fingerprint density at radius 1 is 1.00 bits per heavy atom. The molecule has 1 aliphatic carbocycles. The molecule has 2 aromatic heterocycles. The third kappa shape index (κ3) is 3.95. The van der Waals surface area contributed by atoms with E-state index in [-0.39, 0.29) is 17.1 Å². The number of nitrogens with zero attached hydrogens (tertiary/aromatic N) is 5. The van der Waals surface area contributed by atoms with Crippen LogP contribution in [-0.4, -0.2) is 70.9 Å². The lowest BCUT2D eigenvalue weighted by atomic mass is 9.95. The van der Waals surface area contributed by atoms with Crippen LogP contribution in [0.5, 0.6) is 6.01 Å². The summed E-state index contributed by atoms with van der Waals surface area (Å²) in [6, 6.07) is 14.1. The molecule has 2 atom stereocenters. The average Bonchev–Trinajstić information content (AvgIpc) is 3.46. The summed E-state index contributed by atoms with van der Waals surface area (Å²) >= 11 is 0. The predicted octanol–water partition coefficient (Wildman–Crippen LogP) is 5.22. The van der Waals surface area contributed by atoms with E-state index < -0.39 is 5.82 Å². The van der Waals surface area contributed by atoms with Gasteiger partial charge in [-0.25, -0.2) is 4.39 Å². The van der Waals surface area contributed by atoms with Crippen LogP contribution in [0.2, 0.25) is 0 Å². The summed E-state index contributed by atoms with van der Waals surface area (Å²) in [5.74, 6) is 0.738. The van der Waals surface area contributed by atoms with Crippen LogP contribution in [0.15, 0.2) is 48.7 Å². The van der Waals surface area contributed by atoms with E-state index in [1.807, 2.05) is 42.5 Å². The molecule has 8 heteroatoms. The molecule has 0 bridgehead atoms. The van der Waals surface area contributed by atoms with Crippen molar-refractivity contribution in [2.24, 2.45) is 5.92 Å². The van der Waals surface area contributed by atoms with Crippen molar-refractivity contribution in [2.45, 2.75) is 43.7 Å². The van der Waals surface area contributed by atoms with Gasteiger partial charge in [-0.3, -0.25) is 9.88 Å². The maximum Gasteiger partial charge on any atom is 0.319 e. The number of ether oxygens (including phenoxy) is 2. The van der Waals surface area contributed by atoms with Crippen molar-refractivity contribution in [1.29, 1.82) is 0 Å². The summed E-state index contributed by atoms with van der Waals surface area (Å²) in [6.45, 7) is 4.94. The Labute approximate surface area is 227 Å². The molecule has 0 amide bonds. The Kier molecular flexibility index (Phi) is 5.49. The highest BCUT2D eigenvalue weighted by Crippen LogP contribution is 2.41. The highest BCUT2D eigenvalue weighted by Gasteiger charge is 2.45. The molecular formula is C31H32FN5O2. The monoisotopic (exact) mass is 525 g/mol. The van der Waals surface area contributed by atoms with Gasteiger partial charge in [-0.05, 0) is 56.0 Å². The van der Waals surface area contributed by atoms with E-state index in [1.54, 1.807) is 6.20 Å². The number of hydrogen-bond acceptors (Lipinski definition) is 7. The van der Waals surface area contributed by atoms with E-state index >= 15 is 4.39 Å². The molecule has 7 nitrogen and oxygen atoms in total. The van der Waals surface area contributed by atoms with Crippen LogP contribution in [0.1, 0.15) is 32.1 Å². The molecule has 4 fully saturated rings. The van der Waals surface area contributed by atoms with Crippen molar-refractivity contribution >= 4 is 27.5 Å². The topological polar surface area (TPSA) is 63.6 Å². The second-order valence-corrected chi connectivity index (χ2v) is 11.6. The van der Waals surface area contributed by atoms with Gasteiger partial charge in [0.1, 0.15) is 23.6 Å². The number of benzene rings is 2. The van der Waals surface area contributed by atoms with Gasteiger partial charge in [-0.1, -0.05) is 42.5 Å². The molecule has 39 heavy (non-hydrogen) atoms. The van der Waals surface area contributed by atoms with Gasteiger partial charge in [0.2, 0.25) is 0 Å². The van der Waals surface area contributed by atoms with Gasteiger partial charge in [-0.15, -0.1) is 0 Å².